The van der Waals surface area contributed by atoms with Crippen molar-refractivity contribution in [2.45, 2.75) is 57.6 Å². The molecule has 1 amide bonds. The summed E-state index contributed by atoms with van der Waals surface area (Å²) in [6.07, 6.45) is 0.612. The van der Waals surface area contributed by atoms with Gasteiger partial charge in [-0.25, -0.2) is 18.3 Å². The van der Waals surface area contributed by atoms with Crippen LogP contribution in [0.25, 0.3) is 0 Å². The molecule has 0 aromatic carbocycles. The molecule has 0 aliphatic heterocycles. The molecule has 2 heterocycles. The molecule has 9 nitrogen and oxygen atoms in total. The van der Waals surface area contributed by atoms with E-state index in [9.17, 15) is 27.2 Å². The van der Waals surface area contributed by atoms with Gasteiger partial charge in [0.15, 0.2) is 5.11 Å². The first-order chi connectivity index (χ1) is 17.5. The van der Waals surface area contributed by atoms with E-state index in [0.717, 1.165) is 4.88 Å². The summed E-state index contributed by atoms with van der Waals surface area (Å²) < 4.78 is 62.1. The van der Waals surface area contributed by atoms with Crippen LogP contribution in [0.1, 0.15) is 47.0 Å². The number of ether oxygens (including phenoxy) is 2. The highest BCUT2D eigenvalue weighted by molar-refractivity contribution is 7.80. The molecule has 37 heavy (non-hydrogen) atoms. The Kier molecular flexibility index (Phi) is 7.92. The average Bonchev–Trinajstić information content (AvgIpc) is 3.30. The predicted molar refractivity (Wildman–Crippen MR) is 132 cm³/mol. The number of carbonyl (C=O) groups excluding carboxylic acids is 2. The third kappa shape index (κ3) is 6.32. The monoisotopic (exact) mass is 563 g/mol. The first kappa shape index (κ1) is 27.1. The summed E-state index contributed by atoms with van der Waals surface area (Å²) in [6.45, 7) is -1.22. The number of thiocarbonyl (C=S) groups is 1. The van der Waals surface area contributed by atoms with E-state index < -0.39 is 43.2 Å². The van der Waals surface area contributed by atoms with Crippen LogP contribution in [0, 0.1) is 5.92 Å². The van der Waals surface area contributed by atoms with Gasteiger partial charge in [0.2, 0.25) is 17.7 Å². The van der Waals surface area contributed by atoms with Gasteiger partial charge in [-0.2, -0.15) is 8.78 Å². The molecule has 4 rings (SSSR count). The van der Waals surface area contributed by atoms with E-state index in [1.54, 1.807) is 6.92 Å². The van der Waals surface area contributed by atoms with Gasteiger partial charge in [0.1, 0.15) is 10.8 Å². The number of esters is 1. The first-order valence-electron chi connectivity index (χ1n) is 11.5. The Labute approximate surface area is 218 Å². The maximum atomic E-state index is 13.2. The lowest BCUT2D eigenvalue weighted by Crippen LogP contribution is -2.42. The van der Waals surface area contributed by atoms with Crippen LogP contribution in [0.5, 0.6) is 5.88 Å². The molecule has 3 N–H and O–H groups in total. The number of thiophene rings is 1. The molecule has 1 atom stereocenters. The van der Waals surface area contributed by atoms with E-state index in [-0.39, 0.29) is 29.2 Å². The molecule has 15 heteroatoms. The number of fused-ring (bicyclic) bond motifs is 1. The maximum Gasteiger partial charge on any atom is 0.388 e. The third-order valence-electron chi connectivity index (χ3n) is 6.08. The van der Waals surface area contributed by atoms with Crippen LogP contribution in [0.3, 0.4) is 0 Å². The lowest BCUT2D eigenvalue weighted by Gasteiger charge is -2.33. The third-order valence-corrected chi connectivity index (χ3v) is 7.51. The minimum Gasteiger partial charge on any atom is -0.462 e. The largest absolute Gasteiger partial charge is 0.462 e. The number of halogens is 4. The molecule has 2 aromatic heterocycles. The van der Waals surface area contributed by atoms with Gasteiger partial charge in [0, 0.05) is 42.8 Å². The van der Waals surface area contributed by atoms with Crippen molar-refractivity contribution < 1.29 is 36.6 Å². The molecule has 0 saturated heterocycles. The SMILES string of the molecule is CCOC(=O)c1c(NC(=O)C2CC(F)(F)C2)sc2c1C[C@@H](NC(=S)Nc1cc(OC(F)F)nn1C)CC2. The second-order valence-electron chi connectivity index (χ2n) is 8.79. The van der Waals surface area contributed by atoms with Gasteiger partial charge in [-0.15, -0.1) is 16.4 Å². The Balaban J connectivity index is 1.45. The summed E-state index contributed by atoms with van der Waals surface area (Å²) in [7, 11) is 1.54. The molecule has 1 fully saturated rings. The van der Waals surface area contributed by atoms with Gasteiger partial charge < -0.3 is 25.4 Å². The van der Waals surface area contributed by atoms with Gasteiger partial charge in [0.25, 0.3) is 0 Å². The number of aryl methyl sites for hydroxylation is 2. The minimum absolute atomic E-state index is 0.128. The van der Waals surface area contributed by atoms with Crippen LogP contribution in [0.15, 0.2) is 6.07 Å². The van der Waals surface area contributed by atoms with E-state index in [0.29, 0.717) is 35.6 Å². The van der Waals surface area contributed by atoms with Crippen LogP contribution >= 0.6 is 23.6 Å². The standard InChI is InChI=1S/C22H25F4N5O4S2/c1-3-34-19(33)16-12-6-11(27-21(36)28-14-7-15(30-31(14)2)35-20(23)24)4-5-13(12)37-18(16)29-17(32)10-8-22(25,26)9-10/h7,10-11,20H,3-6,8-9H2,1-2H3,(H,29,32)(H2,27,28,36)/t11-/m0/s1. The number of aromatic nitrogens is 2. The number of nitrogens with one attached hydrogen (secondary N) is 3. The Morgan fingerprint density at radius 2 is 2.05 bits per heavy atom. The summed E-state index contributed by atoms with van der Waals surface area (Å²) in [4.78, 5) is 26.2. The highest BCUT2D eigenvalue weighted by atomic mass is 32.1. The normalized spacial score (nSPS) is 18.5. The number of anilines is 2. The lowest BCUT2D eigenvalue weighted by molar-refractivity contribution is -0.145. The molecule has 0 radical (unpaired) electrons. The van der Waals surface area contributed by atoms with E-state index in [1.165, 1.54) is 29.1 Å². The fourth-order valence-corrected chi connectivity index (χ4v) is 5.83. The zero-order valence-electron chi connectivity index (χ0n) is 19.9. The number of nitrogens with zero attached hydrogens (tertiary/aromatic N) is 2. The molecule has 2 aromatic rings. The minimum atomic E-state index is -3.01. The summed E-state index contributed by atoms with van der Waals surface area (Å²) >= 11 is 6.61. The highest BCUT2D eigenvalue weighted by Gasteiger charge is 2.49. The van der Waals surface area contributed by atoms with Gasteiger partial charge >= 0.3 is 12.6 Å². The summed E-state index contributed by atoms with van der Waals surface area (Å²) in [5.74, 6) is -4.71. The van der Waals surface area contributed by atoms with Crippen LogP contribution in [0.2, 0.25) is 0 Å². The number of rotatable bonds is 8. The van der Waals surface area contributed by atoms with Crippen LogP contribution < -0.4 is 20.7 Å². The molecule has 2 aliphatic carbocycles. The van der Waals surface area contributed by atoms with Crippen LogP contribution in [-0.4, -0.2) is 52.0 Å². The smallest absolute Gasteiger partial charge is 0.388 e. The van der Waals surface area contributed by atoms with Crippen molar-refractivity contribution >= 4 is 51.4 Å². The predicted octanol–water partition coefficient (Wildman–Crippen LogP) is 4.09. The topological polar surface area (TPSA) is 107 Å². The molecule has 1 saturated carbocycles. The molecular formula is C22H25F4N5O4S2. The van der Waals surface area contributed by atoms with Crippen LogP contribution in [-0.2, 0) is 29.4 Å². The number of carbonyl (C=O) groups is 2. The molecule has 2 aliphatic rings. The summed E-state index contributed by atoms with van der Waals surface area (Å²) in [6, 6.07) is 1.10. The number of amides is 1. The highest BCUT2D eigenvalue weighted by Crippen LogP contribution is 2.44. The Bertz CT molecular complexity index is 1190. The first-order valence-corrected chi connectivity index (χ1v) is 12.7. The van der Waals surface area contributed by atoms with E-state index in [1.807, 2.05) is 0 Å². The quantitative estimate of drug-likeness (QED) is 0.251. The lowest BCUT2D eigenvalue weighted by atomic mass is 9.81. The fraction of sp³-hybridized carbons (Fsp3) is 0.545. The van der Waals surface area contributed by atoms with Crippen molar-refractivity contribution in [1.82, 2.24) is 15.1 Å². The zero-order valence-corrected chi connectivity index (χ0v) is 21.5. The van der Waals surface area contributed by atoms with E-state index in [2.05, 4.69) is 25.8 Å². The molecule has 0 bridgehead atoms. The molecule has 202 valence electrons. The van der Waals surface area contributed by atoms with Crippen molar-refractivity contribution in [3.8, 4) is 5.88 Å². The Morgan fingerprint density at radius 1 is 1.32 bits per heavy atom. The second-order valence-corrected chi connectivity index (χ2v) is 10.3. The van der Waals surface area contributed by atoms with Gasteiger partial charge in [-0.3, -0.25) is 4.79 Å². The maximum absolute atomic E-state index is 13.2. The second kappa shape index (κ2) is 10.8. The zero-order chi connectivity index (χ0) is 26.9. The van der Waals surface area contributed by atoms with E-state index in [4.69, 9.17) is 17.0 Å². The number of hydrogen-bond acceptors (Lipinski definition) is 7. The van der Waals surface area contributed by atoms with Gasteiger partial charge in [0.05, 0.1) is 12.2 Å². The van der Waals surface area contributed by atoms with Crippen molar-refractivity contribution in [3.63, 3.8) is 0 Å². The number of hydrogen-bond donors (Lipinski definition) is 3. The van der Waals surface area contributed by atoms with Crippen molar-refractivity contribution in [1.29, 1.82) is 0 Å². The molecule has 0 spiro atoms. The number of alkyl halides is 4. The van der Waals surface area contributed by atoms with Crippen molar-refractivity contribution in [2.75, 3.05) is 17.2 Å². The fourth-order valence-electron chi connectivity index (χ4n) is 4.32. The molecule has 0 unspecified atom stereocenters. The van der Waals surface area contributed by atoms with E-state index >= 15 is 0 Å². The average molecular weight is 564 g/mol. The summed E-state index contributed by atoms with van der Waals surface area (Å²) in [5.41, 5.74) is 0.935. The van der Waals surface area contributed by atoms with Crippen molar-refractivity contribution in [3.05, 3.63) is 22.1 Å². The Morgan fingerprint density at radius 3 is 2.70 bits per heavy atom. The Hall–Kier alpha value is -2.94. The molecular weight excluding hydrogens is 538 g/mol. The van der Waals surface area contributed by atoms with Crippen molar-refractivity contribution in [2.24, 2.45) is 13.0 Å². The van der Waals surface area contributed by atoms with Gasteiger partial charge in [-0.05, 0) is 44.0 Å². The van der Waals surface area contributed by atoms with Crippen LogP contribution in [0.4, 0.5) is 28.4 Å². The summed E-state index contributed by atoms with van der Waals surface area (Å²) in [5, 5.41) is 13.0. The van der Waals surface area contributed by atoms with Gasteiger partial charge in [-0.1, -0.05) is 0 Å².